The molecule has 186 valence electrons. The fraction of sp³-hybridized carbons (Fsp3) is 0.778. The molecule has 1 heterocycles. The molecule has 5 heteroatoms. The van der Waals surface area contributed by atoms with E-state index in [2.05, 4.69) is 85.7 Å². The summed E-state index contributed by atoms with van der Waals surface area (Å²) in [5.74, 6) is 0.533. The number of hydrogen-bond acceptors (Lipinski definition) is 3. The van der Waals surface area contributed by atoms with E-state index in [0.717, 1.165) is 38.5 Å². The van der Waals surface area contributed by atoms with Gasteiger partial charge in [0.2, 0.25) is 0 Å². The molecule has 0 aromatic heterocycles. The van der Waals surface area contributed by atoms with Gasteiger partial charge in [0, 0.05) is 0 Å². The van der Waals surface area contributed by atoms with Crippen molar-refractivity contribution in [2.45, 2.75) is 117 Å². The molecule has 0 saturated carbocycles. The van der Waals surface area contributed by atoms with E-state index in [4.69, 9.17) is 13.6 Å². The summed E-state index contributed by atoms with van der Waals surface area (Å²) < 4.78 is 19.4. The van der Waals surface area contributed by atoms with Crippen molar-refractivity contribution in [1.29, 1.82) is 0 Å². The van der Waals surface area contributed by atoms with Gasteiger partial charge in [-0.2, -0.15) is 0 Å². The van der Waals surface area contributed by atoms with Gasteiger partial charge in [0.1, 0.15) is 0 Å². The van der Waals surface area contributed by atoms with Crippen molar-refractivity contribution in [1.82, 2.24) is 0 Å². The van der Waals surface area contributed by atoms with Gasteiger partial charge >= 0.3 is 0 Å². The van der Waals surface area contributed by atoms with Crippen molar-refractivity contribution in [3.63, 3.8) is 0 Å². The lowest BCUT2D eigenvalue weighted by Crippen LogP contribution is -2.47. The van der Waals surface area contributed by atoms with Crippen LogP contribution in [0.1, 0.15) is 66.2 Å². The normalized spacial score (nSPS) is 24.8. The van der Waals surface area contributed by atoms with Crippen molar-refractivity contribution >= 4 is 16.6 Å². The highest BCUT2D eigenvalue weighted by Crippen LogP contribution is 2.35. The van der Waals surface area contributed by atoms with Crippen LogP contribution in [0.15, 0.2) is 35.5 Å². The Morgan fingerprint density at radius 1 is 1.19 bits per heavy atom. The Hall–Kier alpha value is -0.466. The molecule has 3 atom stereocenters. The first-order valence-electron chi connectivity index (χ1n) is 12.6. The molecule has 0 amide bonds. The minimum absolute atomic E-state index is 0.155. The Bertz CT molecular complexity index is 651. The third kappa shape index (κ3) is 12.1. The first-order chi connectivity index (χ1) is 14.6. The minimum atomic E-state index is -1.67. The Morgan fingerprint density at radius 2 is 1.84 bits per heavy atom. The third-order valence-corrected chi connectivity index (χ3v) is 8.18. The van der Waals surface area contributed by atoms with Crippen molar-refractivity contribution in [2.75, 3.05) is 13.2 Å². The van der Waals surface area contributed by atoms with Gasteiger partial charge in [-0.25, -0.2) is 0 Å². The fourth-order valence-corrected chi connectivity index (χ4v) is 5.76. The maximum absolute atomic E-state index is 6.69. The molecule has 32 heavy (non-hydrogen) atoms. The van der Waals surface area contributed by atoms with E-state index in [1.807, 2.05) is 0 Å². The molecular formula is C27H52O3Si2. The summed E-state index contributed by atoms with van der Waals surface area (Å²) >= 11 is 0. The summed E-state index contributed by atoms with van der Waals surface area (Å²) in [6, 6.07) is 0. The van der Waals surface area contributed by atoms with Crippen molar-refractivity contribution in [3.05, 3.63) is 35.5 Å². The molecule has 0 bridgehead atoms. The lowest BCUT2D eigenvalue weighted by molar-refractivity contribution is -0.0974. The van der Waals surface area contributed by atoms with Crippen LogP contribution in [0.3, 0.4) is 0 Å². The predicted octanol–water partition coefficient (Wildman–Crippen LogP) is 8.27. The largest absolute Gasteiger partial charge is 0.414 e. The highest BCUT2D eigenvalue weighted by molar-refractivity contribution is 6.70. The summed E-state index contributed by atoms with van der Waals surface area (Å²) in [5, 5.41) is 0. The van der Waals surface area contributed by atoms with Gasteiger partial charge in [-0.05, 0) is 110 Å². The first kappa shape index (κ1) is 29.6. The van der Waals surface area contributed by atoms with Crippen LogP contribution in [-0.4, -0.2) is 41.6 Å². The molecule has 3 nitrogen and oxygen atoms in total. The quantitative estimate of drug-likeness (QED) is 0.208. The zero-order chi connectivity index (χ0) is 24.6. The average molecular weight is 481 g/mol. The molecule has 0 spiro atoms. The predicted molar refractivity (Wildman–Crippen MR) is 145 cm³/mol. The van der Waals surface area contributed by atoms with Crippen LogP contribution in [-0.2, 0) is 13.6 Å². The SMILES string of the molecule is C=C(CC=C(C)C)C(C)CCC[C@]1(C)OCC(=CCO[Si](C)(C)C)CC[C@H]1O[Si](C)(C)C. The van der Waals surface area contributed by atoms with Crippen LogP contribution in [0.2, 0.25) is 39.3 Å². The third-order valence-electron chi connectivity index (χ3n) is 6.16. The molecule has 1 saturated heterocycles. The summed E-state index contributed by atoms with van der Waals surface area (Å²) in [5.41, 5.74) is 3.82. The van der Waals surface area contributed by atoms with Crippen LogP contribution >= 0.6 is 0 Å². The van der Waals surface area contributed by atoms with Gasteiger partial charge in [0.25, 0.3) is 0 Å². The fourth-order valence-electron chi connectivity index (χ4n) is 3.96. The minimum Gasteiger partial charge on any atom is -0.414 e. The summed E-state index contributed by atoms with van der Waals surface area (Å²) in [7, 11) is -3.16. The molecule has 1 fully saturated rings. The second-order valence-corrected chi connectivity index (χ2v) is 21.1. The lowest BCUT2D eigenvalue weighted by atomic mass is 9.86. The molecule has 0 radical (unpaired) electrons. The Labute approximate surface area is 202 Å². The molecule has 0 aliphatic carbocycles. The van der Waals surface area contributed by atoms with Gasteiger partial charge in [-0.15, -0.1) is 0 Å². The van der Waals surface area contributed by atoms with E-state index in [1.165, 1.54) is 16.7 Å². The zero-order valence-corrected chi connectivity index (χ0v) is 24.9. The smallest absolute Gasteiger partial charge is 0.184 e. The van der Waals surface area contributed by atoms with E-state index < -0.39 is 16.6 Å². The van der Waals surface area contributed by atoms with Crippen LogP contribution in [0.5, 0.6) is 0 Å². The van der Waals surface area contributed by atoms with Gasteiger partial charge in [0.15, 0.2) is 16.6 Å². The standard InChI is InChI=1S/C27H52O3Si2/c1-22(2)14-15-24(4)23(3)13-12-19-27(5)26(30-32(9,10)11)17-16-25(21-28-27)18-20-29-31(6,7)8/h14,18,23,26H,4,12-13,15-17,19-21H2,1-3,5-11H3/t23?,26-,27+/m1/s1. The van der Waals surface area contributed by atoms with E-state index in [9.17, 15) is 0 Å². The van der Waals surface area contributed by atoms with Gasteiger partial charge in [-0.1, -0.05) is 36.8 Å². The number of hydrogen-bond donors (Lipinski definition) is 0. The summed E-state index contributed by atoms with van der Waals surface area (Å²) in [6.07, 6.45) is 11.1. The molecular weight excluding hydrogens is 428 g/mol. The first-order valence-corrected chi connectivity index (χ1v) is 19.4. The van der Waals surface area contributed by atoms with Gasteiger partial charge < -0.3 is 13.6 Å². The van der Waals surface area contributed by atoms with Crippen molar-refractivity contribution in [2.24, 2.45) is 5.92 Å². The summed E-state index contributed by atoms with van der Waals surface area (Å²) in [4.78, 5) is 0. The van der Waals surface area contributed by atoms with Gasteiger partial charge in [-0.3, -0.25) is 0 Å². The van der Waals surface area contributed by atoms with Gasteiger partial charge in [0.05, 0.1) is 24.9 Å². The number of allylic oxidation sites excluding steroid dienone is 3. The van der Waals surface area contributed by atoms with Crippen molar-refractivity contribution < 1.29 is 13.6 Å². The Balaban J connectivity index is 2.79. The number of rotatable bonds is 12. The second-order valence-electron chi connectivity index (χ2n) is 12.1. The molecule has 1 aliphatic heterocycles. The highest BCUT2D eigenvalue weighted by Gasteiger charge is 2.40. The maximum atomic E-state index is 6.69. The highest BCUT2D eigenvalue weighted by atomic mass is 28.4. The van der Waals surface area contributed by atoms with Crippen LogP contribution in [0.4, 0.5) is 0 Å². The molecule has 1 aliphatic rings. The Kier molecular flexibility index (Phi) is 11.9. The molecule has 0 N–H and O–H groups in total. The van der Waals surface area contributed by atoms with E-state index in [1.54, 1.807) is 0 Å². The average Bonchev–Trinajstić information content (AvgIpc) is 2.78. The zero-order valence-electron chi connectivity index (χ0n) is 22.9. The van der Waals surface area contributed by atoms with E-state index in [0.29, 0.717) is 19.1 Å². The number of ether oxygens (including phenoxy) is 1. The van der Waals surface area contributed by atoms with E-state index >= 15 is 0 Å². The van der Waals surface area contributed by atoms with Crippen LogP contribution < -0.4 is 0 Å². The molecule has 1 unspecified atom stereocenters. The van der Waals surface area contributed by atoms with Crippen LogP contribution in [0, 0.1) is 5.92 Å². The topological polar surface area (TPSA) is 27.7 Å². The Morgan fingerprint density at radius 3 is 2.41 bits per heavy atom. The molecule has 0 aromatic rings. The van der Waals surface area contributed by atoms with Crippen molar-refractivity contribution in [3.8, 4) is 0 Å². The van der Waals surface area contributed by atoms with Crippen LogP contribution in [0.25, 0.3) is 0 Å². The van der Waals surface area contributed by atoms with E-state index in [-0.39, 0.29) is 11.7 Å². The second kappa shape index (κ2) is 12.8. The monoisotopic (exact) mass is 480 g/mol. The maximum Gasteiger partial charge on any atom is 0.184 e. The molecule has 1 rings (SSSR count). The summed E-state index contributed by atoms with van der Waals surface area (Å²) in [6.45, 7) is 28.2. The molecule has 0 aromatic carbocycles. The lowest BCUT2D eigenvalue weighted by Gasteiger charge is -2.39.